The summed E-state index contributed by atoms with van der Waals surface area (Å²) in [5.41, 5.74) is 4.99. The minimum Gasteiger partial charge on any atom is -0.219 e. The van der Waals surface area contributed by atoms with Gasteiger partial charge < -0.3 is 0 Å². The standard InChI is InChI=1S/C26H19N3S/c1-3-11-20(12-4-1)24-25(21-13-5-2-6-14-21)28-29-26(27-24)30-18-22-16-9-15-19-10-7-8-17-23(19)22/h1-17H,18H2. The normalized spacial score (nSPS) is 10.9. The highest BCUT2D eigenvalue weighted by Gasteiger charge is 2.14. The number of rotatable bonds is 5. The molecule has 144 valence electrons. The third-order valence-electron chi connectivity index (χ3n) is 5.00. The Morgan fingerprint density at radius 3 is 1.97 bits per heavy atom. The number of thioether (sulfide) groups is 1. The minimum atomic E-state index is 0.682. The summed E-state index contributed by atoms with van der Waals surface area (Å²) in [5.74, 6) is 0.794. The van der Waals surface area contributed by atoms with Gasteiger partial charge in [0.25, 0.3) is 0 Å². The van der Waals surface area contributed by atoms with Crippen molar-refractivity contribution < 1.29 is 0 Å². The third-order valence-corrected chi connectivity index (χ3v) is 5.88. The van der Waals surface area contributed by atoms with E-state index in [0.717, 1.165) is 28.3 Å². The van der Waals surface area contributed by atoms with Crippen LogP contribution in [0.4, 0.5) is 0 Å². The number of fused-ring (bicyclic) bond motifs is 1. The second kappa shape index (κ2) is 8.47. The van der Waals surface area contributed by atoms with Gasteiger partial charge in [0.15, 0.2) is 0 Å². The molecule has 0 unspecified atom stereocenters. The summed E-state index contributed by atoms with van der Waals surface area (Å²) in [6.45, 7) is 0. The van der Waals surface area contributed by atoms with E-state index in [2.05, 4.69) is 64.8 Å². The molecule has 30 heavy (non-hydrogen) atoms. The van der Waals surface area contributed by atoms with Crippen molar-refractivity contribution in [3.05, 3.63) is 109 Å². The van der Waals surface area contributed by atoms with Crippen LogP contribution in [0.25, 0.3) is 33.3 Å². The number of hydrogen-bond acceptors (Lipinski definition) is 4. The molecule has 0 atom stereocenters. The van der Waals surface area contributed by atoms with Crippen LogP contribution >= 0.6 is 11.8 Å². The molecule has 0 saturated heterocycles. The van der Waals surface area contributed by atoms with Gasteiger partial charge in [0, 0.05) is 16.9 Å². The summed E-state index contributed by atoms with van der Waals surface area (Å²) in [6, 6.07) is 35.2. The van der Waals surface area contributed by atoms with E-state index in [1.54, 1.807) is 11.8 Å². The van der Waals surface area contributed by atoms with Gasteiger partial charge in [0.05, 0.1) is 0 Å². The lowest BCUT2D eigenvalue weighted by Gasteiger charge is -2.10. The van der Waals surface area contributed by atoms with Crippen LogP contribution in [0.1, 0.15) is 5.56 Å². The zero-order valence-corrected chi connectivity index (χ0v) is 17.1. The van der Waals surface area contributed by atoms with Crippen molar-refractivity contribution in [1.29, 1.82) is 0 Å². The van der Waals surface area contributed by atoms with Gasteiger partial charge in [-0.05, 0) is 16.3 Å². The van der Waals surface area contributed by atoms with Crippen LogP contribution in [0.2, 0.25) is 0 Å². The molecule has 0 saturated carbocycles. The van der Waals surface area contributed by atoms with E-state index in [-0.39, 0.29) is 0 Å². The van der Waals surface area contributed by atoms with Gasteiger partial charge in [-0.3, -0.25) is 0 Å². The van der Waals surface area contributed by atoms with Gasteiger partial charge in [-0.2, -0.15) is 0 Å². The van der Waals surface area contributed by atoms with Crippen LogP contribution in [-0.2, 0) is 5.75 Å². The molecule has 0 spiro atoms. The summed E-state index contributed by atoms with van der Waals surface area (Å²) >= 11 is 1.62. The van der Waals surface area contributed by atoms with Gasteiger partial charge in [-0.15, -0.1) is 10.2 Å². The molecule has 1 aromatic heterocycles. The fourth-order valence-corrected chi connectivity index (χ4v) is 4.31. The Balaban J connectivity index is 1.50. The first-order valence-corrected chi connectivity index (χ1v) is 10.8. The largest absolute Gasteiger partial charge is 0.219 e. The van der Waals surface area contributed by atoms with E-state index in [4.69, 9.17) is 4.98 Å². The van der Waals surface area contributed by atoms with Crippen molar-refractivity contribution in [3.8, 4) is 22.5 Å². The van der Waals surface area contributed by atoms with Crippen molar-refractivity contribution in [2.75, 3.05) is 0 Å². The Morgan fingerprint density at radius 2 is 1.20 bits per heavy atom. The first-order chi connectivity index (χ1) is 14.9. The molecule has 0 fully saturated rings. The molecular formula is C26H19N3S. The maximum Gasteiger partial charge on any atom is 0.210 e. The smallest absolute Gasteiger partial charge is 0.210 e. The van der Waals surface area contributed by atoms with E-state index < -0.39 is 0 Å². The highest BCUT2D eigenvalue weighted by atomic mass is 32.2. The van der Waals surface area contributed by atoms with E-state index in [9.17, 15) is 0 Å². The molecular weight excluding hydrogens is 386 g/mol. The second-order valence-corrected chi connectivity index (χ2v) is 7.89. The van der Waals surface area contributed by atoms with Crippen LogP contribution in [0.15, 0.2) is 108 Å². The SMILES string of the molecule is c1ccc(-c2nnc(SCc3cccc4ccccc34)nc2-c2ccccc2)cc1. The molecule has 1 heterocycles. The number of hydrogen-bond donors (Lipinski definition) is 0. The maximum atomic E-state index is 4.90. The lowest BCUT2D eigenvalue weighted by molar-refractivity contribution is 0.850. The fraction of sp³-hybridized carbons (Fsp3) is 0.0385. The van der Waals surface area contributed by atoms with Gasteiger partial charge in [0.2, 0.25) is 5.16 Å². The van der Waals surface area contributed by atoms with Crippen LogP contribution < -0.4 is 0 Å². The van der Waals surface area contributed by atoms with Gasteiger partial charge in [0.1, 0.15) is 11.4 Å². The first-order valence-electron chi connectivity index (χ1n) is 9.83. The minimum absolute atomic E-state index is 0.682. The Bertz CT molecular complexity index is 1280. The van der Waals surface area contributed by atoms with Crippen LogP contribution in [0, 0.1) is 0 Å². The second-order valence-electron chi connectivity index (χ2n) is 6.95. The van der Waals surface area contributed by atoms with Gasteiger partial charge >= 0.3 is 0 Å². The number of benzene rings is 4. The Kier molecular flexibility index (Phi) is 5.23. The van der Waals surface area contributed by atoms with Crippen molar-refractivity contribution in [3.63, 3.8) is 0 Å². The van der Waals surface area contributed by atoms with Crippen LogP contribution in [-0.4, -0.2) is 15.2 Å². The Morgan fingerprint density at radius 1 is 0.567 bits per heavy atom. The number of nitrogens with zero attached hydrogens (tertiary/aromatic N) is 3. The lowest BCUT2D eigenvalue weighted by Crippen LogP contribution is -1.99. The Labute approximate surface area is 179 Å². The molecule has 5 rings (SSSR count). The molecule has 4 aromatic carbocycles. The third kappa shape index (κ3) is 3.82. The summed E-state index contributed by atoms with van der Waals surface area (Å²) in [6.07, 6.45) is 0. The van der Waals surface area contributed by atoms with E-state index >= 15 is 0 Å². The molecule has 0 aliphatic carbocycles. The summed E-state index contributed by atoms with van der Waals surface area (Å²) in [5, 5.41) is 12.2. The zero-order valence-electron chi connectivity index (χ0n) is 16.3. The average Bonchev–Trinajstić information content (AvgIpc) is 2.83. The molecule has 0 bridgehead atoms. The molecule has 0 radical (unpaired) electrons. The molecule has 0 N–H and O–H groups in total. The van der Waals surface area contributed by atoms with Crippen LogP contribution in [0.5, 0.6) is 0 Å². The van der Waals surface area contributed by atoms with Crippen molar-refractivity contribution in [2.24, 2.45) is 0 Å². The van der Waals surface area contributed by atoms with E-state index in [1.165, 1.54) is 16.3 Å². The quantitative estimate of drug-likeness (QED) is 0.307. The van der Waals surface area contributed by atoms with Crippen molar-refractivity contribution in [2.45, 2.75) is 10.9 Å². The summed E-state index contributed by atoms with van der Waals surface area (Å²) in [4.78, 5) is 4.90. The lowest BCUT2D eigenvalue weighted by atomic mass is 10.0. The predicted molar refractivity (Wildman–Crippen MR) is 124 cm³/mol. The maximum absolute atomic E-state index is 4.90. The predicted octanol–water partition coefficient (Wildman–Crippen LogP) is 6.65. The van der Waals surface area contributed by atoms with Crippen molar-refractivity contribution in [1.82, 2.24) is 15.2 Å². The van der Waals surface area contributed by atoms with Gasteiger partial charge in [-0.25, -0.2) is 4.98 Å². The number of aromatic nitrogens is 3. The van der Waals surface area contributed by atoms with Crippen molar-refractivity contribution >= 4 is 22.5 Å². The summed E-state index contributed by atoms with van der Waals surface area (Å²) in [7, 11) is 0. The highest BCUT2D eigenvalue weighted by Crippen LogP contribution is 2.31. The van der Waals surface area contributed by atoms with E-state index in [1.807, 2.05) is 48.5 Å². The molecule has 0 amide bonds. The van der Waals surface area contributed by atoms with E-state index in [0.29, 0.717) is 5.16 Å². The Hall–Kier alpha value is -3.50. The van der Waals surface area contributed by atoms with Crippen LogP contribution in [0.3, 0.4) is 0 Å². The molecule has 3 nitrogen and oxygen atoms in total. The summed E-state index contributed by atoms with van der Waals surface area (Å²) < 4.78 is 0. The average molecular weight is 406 g/mol. The topological polar surface area (TPSA) is 38.7 Å². The first kappa shape index (κ1) is 18.5. The highest BCUT2D eigenvalue weighted by molar-refractivity contribution is 7.98. The zero-order chi connectivity index (χ0) is 20.2. The molecule has 5 aromatic rings. The monoisotopic (exact) mass is 405 g/mol. The molecule has 0 aliphatic heterocycles. The fourth-order valence-electron chi connectivity index (χ4n) is 3.52. The van der Waals surface area contributed by atoms with Gasteiger partial charge in [-0.1, -0.05) is 115 Å². The molecule has 0 aliphatic rings. The molecule has 4 heteroatoms.